The van der Waals surface area contributed by atoms with Crippen LogP contribution in [0.4, 0.5) is 0 Å². The van der Waals surface area contributed by atoms with Crippen LogP contribution in [0, 0.1) is 40.9 Å². The Labute approximate surface area is 139 Å². The Morgan fingerprint density at radius 3 is 2.65 bits per heavy atom. The lowest BCUT2D eigenvalue weighted by Crippen LogP contribution is -2.54. The van der Waals surface area contributed by atoms with Crippen LogP contribution in [0.5, 0.6) is 0 Å². The van der Waals surface area contributed by atoms with Crippen LogP contribution in [0.1, 0.15) is 52.4 Å². The number of rotatable bonds is 0. The van der Waals surface area contributed by atoms with Crippen molar-refractivity contribution in [2.24, 2.45) is 28.6 Å². The van der Waals surface area contributed by atoms with Gasteiger partial charge in [-0.2, -0.15) is 0 Å². The molecule has 0 saturated heterocycles. The maximum Gasteiger partial charge on any atom is 0.130 e. The fourth-order valence-electron chi connectivity index (χ4n) is 6.57. The molecule has 0 bridgehead atoms. The summed E-state index contributed by atoms with van der Waals surface area (Å²) in [5.41, 5.74) is 0.458. The average Bonchev–Trinajstić information content (AvgIpc) is 2.80. The normalized spacial score (nSPS) is 54.5. The van der Waals surface area contributed by atoms with Crippen LogP contribution in [-0.4, -0.2) is 21.9 Å². The summed E-state index contributed by atoms with van der Waals surface area (Å²) in [7, 11) is 0. The molecule has 0 aromatic carbocycles. The van der Waals surface area contributed by atoms with Gasteiger partial charge < -0.3 is 10.2 Å². The fraction of sp³-hybridized carbons (Fsp3) is 0.714. The molecule has 0 aromatic heterocycles. The molecule has 2 N–H and O–H groups in total. The molecule has 0 spiro atoms. The third kappa shape index (κ3) is 1.84. The van der Waals surface area contributed by atoms with Gasteiger partial charge in [0.2, 0.25) is 0 Å². The largest absolute Gasteiger partial charge is 0.385 e. The van der Waals surface area contributed by atoms with Gasteiger partial charge in [-0.3, -0.25) is 0 Å². The van der Waals surface area contributed by atoms with Crippen molar-refractivity contribution in [3.8, 4) is 12.3 Å². The van der Waals surface area contributed by atoms with Crippen LogP contribution >= 0.6 is 0 Å². The van der Waals surface area contributed by atoms with Gasteiger partial charge in [0.05, 0.1) is 6.10 Å². The molecule has 124 valence electrons. The monoisotopic (exact) mass is 312 g/mol. The molecular formula is C21H28O2. The van der Waals surface area contributed by atoms with E-state index in [2.05, 4.69) is 31.9 Å². The van der Waals surface area contributed by atoms with E-state index >= 15 is 0 Å². The highest BCUT2D eigenvalue weighted by Gasteiger charge is 2.63. The van der Waals surface area contributed by atoms with Gasteiger partial charge >= 0.3 is 0 Å². The zero-order chi connectivity index (χ0) is 16.5. The summed E-state index contributed by atoms with van der Waals surface area (Å²) in [4.78, 5) is 0. The molecule has 0 radical (unpaired) electrons. The van der Waals surface area contributed by atoms with Crippen molar-refractivity contribution >= 4 is 0 Å². The molecule has 3 fully saturated rings. The SMILES string of the molecule is C#C[C@]1(O)CCC2C3CCC4=C[C@@H](O)C=C[C@]4(C)C3CC[C@@]21C. The van der Waals surface area contributed by atoms with E-state index in [9.17, 15) is 10.2 Å². The number of terminal acetylenes is 1. The Morgan fingerprint density at radius 1 is 1.17 bits per heavy atom. The molecule has 7 atom stereocenters. The zero-order valence-electron chi connectivity index (χ0n) is 14.3. The minimum atomic E-state index is -0.918. The molecule has 3 unspecified atom stereocenters. The summed E-state index contributed by atoms with van der Waals surface area (Å²) in [6.07, 6.45) is 17.8. The highest BCUT2D eigenvalue weighted by atomic mass is 16.3. The number of hydrogen-bond donors (Lipinski definition) is 2. The van der Waals surface area contributed by atoms with E-state index in [-0.39, 0.29) is 10.8 Å². The van der Waals surface area contributed by atoms with Crippen molar-refractivity contribution in [2.45, 2.75) is 64.1 Å². The van der Waals surface area contributed by atoms with Gasteiger partial charge in [0.1, 0.15) is 5.60 Å². The molecule has 4 aliphatic rings. The topological polar surface area (TPSA) is 40.5 Å². The van der Waals surface area contributed by atoms with Crippen molar-refractivity contribution in [3.05, 3.63) is 23.8 Å². The average molecular weight is 312 g/mol. The van der Waals surface area contributed by atoms with Gasteiger partial charge in [0.25, 0.3) is 0 Å². The summed E-state index contributed by atoms with van der Waals surface area (Å²) in [6, 6.07) is 0. The first-order valence-electron chi connectivity index (χ1n) is 9.13. The zero-order valence-corrected chi connectivity index (χ0v) is 14.3. The maximum atomic E-state index is 11.0. The standard InChI is InChI=1S/C21H28O2/c1-4-21(23)12-9-18-16-6-5-14-13-15(22)7-10-19(14,2)17(16)8-11-20(18,21)3/h1,7,10,13,15-18,22-23H,5-6,8-9,11-12H2,2-3H3/t15-,16?,17?,18?,19-,20-,21-/m0/s1. The summed E-state index contributed by atoms with van der Waals surface area (Å²) < 4.78 is 0. The summed E-state index contributed by atoms with van der Waals surface area (Å²) >= 11 is 0. The van der Waals surface area contributed by atoms with E-state index in [1.54, 1.807) is 0 Å². The fourth-order valence-corrected chi connectivity index (χ4v) is 6.57. The molecule has 0 amide bonds. The van der Waals surface area contributed by atoms with Crippen LogP contribution in [0.25, 0.3) is 0 Å². The second kappa shape index (κ2) is 4.74. The predicted octanol–water partition coefficient (Wildman–Crippen LogP) is 3.45. The molecule has 0 aliphatic heterocycles. The Kier molecular flexibility index (Phi) is 3.19. The van der Waals surface area contributed by atoms with Crippen molar-refractivity contribution in [3.63, 3.8) is 0 Å². The number of hydrogen-bond acceptors (Lipinski definition) is 2. The van der Waals surface area contributed by atoms with Gasteiger partial charge in [-0.25, -0.2) is 0 Å². The van der Waals surface area contributed by atoms with Crippen molar-refractivity contribution in [2.75, 3.05) is 0 Å². The van der Waals surface area contributed by atoms with Crippen LogP contribution in [-0.2, 0) is 0 Å². The molecule has 4 aliphatic carbocycles. The lowest BCUT2D eigenvalue weighted by atomic mass is 9.47. The van der Waals surface area contributed by atoms with Crippen molar-refractivity contribution in [1.29, 1.82) is 0 Å². The lowest BCUT2D eigenvalue weighted by molar-refractivity contribution is -0.0917. The van der Waals surface area contributed by atoms with Gasteiger partial charge in [0.15, 0.2) is 0 Å². The second-order valence-corrected chi connectivity index (χ2v) is 8.74. The molecule has 3 saturated carbocycles. The van der Waals surface area contributed by atoms with Crippen LogP contribution in [0.2, 0.25) is 0 Å². The Morgan fingerprint density at radius 2 is 1.91 bits per heavy atom. The number of allylic oxidation sites excluding steroid dienone is 2. The van der Waals surface area contributed by atoms with Gasteiger partial charge in [-0.15, -0.1) is 6.42 Å². The van der Waals surface area contributed by atoms with E-state index in [0.717, 1.165) is 32.1 Å². The molecular weight excluding hydrogens is 284 g/mol. The lowest BCUT2D eigenvalue weighted by Gasteiger charge is -2.57. The van der Waals surface area contributed by atoms with Gasteiger partial charge in [0, 0.05) is 10.8 Å². The van der Waals surface area contributed by atoms with Crippen molar-refractivity contribution in [1.82, 2.24) is 0 Å². The molecule has 23 heavy (non-hydrogen) atoms. The molecule has 0 aromatic rings. The van der Waals surface area contributed by atoms with E-state index in [0.29, 0.717) is 17.8 Å². The van der Waals surface area contributed by atoms with E-state index in [1.807, 2.05) is 6.08 Å². The first-order chi connectivity index (χ1) is 10.8. The van der Waals surface area contributed by atoms with Crippen LogP contribution in [0.15, 0.2) is 23.8 Å². The minimum Gasteiger partial charge on any atom is -0.385 e. The quantitative estimate of drug-likeness (QED) is 0.531. The minimum absolute atomic E-state index is 0.0837. The molecule has 4 rings (SSSR count). The Balaban J connectivity index is 1.70. The smallest absolute Gasteiger partial charge is 0.130 e. The predicted molar refractivity (Wildman–Crippen MR) is 91.4 cm³/mol. The number of fused-ring (bicyclic) bond motifs is 5. The Bertz CT molecular complexity index is 626. The van der Waals surface area contributed by atoms with E-state index < -0.39 is 11.7 Å². The molecule has 2 nitrogen and oxygen atoms in total. The number of aliphatic hydroxyl groups is 2. The first kappa shape index (κ1) is 15.5. The van der Waals surface area contributed by atoms with Crippen LogP contribution in [0.3, 0.4) is 0 Å². The Hall–Kier alpha value is -1.04. The van der Waals surface area contributed by atoms with Crippen LogP contribution < -0.4 is 0 Å². The molecule has 0 heterocycles. The van der Waals surface area contributed by atoms with E-state index in [4.69, 9.17) is 6.42 Å². The molecule has 2 heteroatoms. The highest BCUT2D eigenvalue weighted by Crippen LogP contribution is 2.66. The maximum absolute atomic E-state index is 11.0. The third-order valence-corrected chi connectivity index (χ3v) is 8.05. The third-order valence-electron chi connectivity index (χ3n) is 8.05. The van der Waals surface area contributed by atoms with Gasteiger partial charge in [-0.1, -0.05) is 43.6 Å². The summed E-state index contributed by atoms with van der Waals surface area (Å²) in [5, 5.41) is 20.9. The number of aliphatic hydroxyl groups excluding tert-OH is 1. The summed E-state index contributed by atoms with van der Waals surface area (Å²) in [6.45, 7) is 4.58. The van der Waals surface area contributed by atoms with Crippen molar-refractivity contribution < 1.29 is 10.2 Å². The van der Waals surface area contributed by atoms with E-state index in [1.165, 1.54) is 12.0 Å². The van der Waals surface area contributed by atoms with Gasteiger partial charge in [-0.05, 0) is 56.3 Å². The first-order valence-corrected chi connectivity index (χ1v) is 9.13. The summed E-state index contributed by atoms with van der Waals surface area (Å²) in [5.74, 6) is 4.53. The highest BCUT2D eigenvalue weighted by molar-refractivity contribution is 5.34. The second-order valence-electron chi connectivity index (χ2n) is 8.74.